The van der Waals surface area contributed by atoms with Crippen LogP contribution >= 0.6 is 23.8 Å². The summed E-state index contributed by atoms with van der Waals surface area (Å²) in [7, 11) is -2.06. The summed E-state index contributed by atoms with van der Waals surface area (Å²) >= 11 is 11.5. The number of thiocarbonyl (C=S) groups is 1. The largest absolute Gasteiger partial charge is 0.416 e. The minimum absolute atomic E-state index is 0.0566. The fourth-order valence-corrected chi connectivity index (χ4v) is 5.81. The van der Waals surface area contributed by atoms with Crippen molar-refractivity contribution in [1.82, 2.24) is 15.6 Å². The van der Waals surface area contributed by atoms with Gasteiger partial charge in [0, 0.05) is 16.8 Å². The molecule has 2 N–H and O–H groups in total. The first-order valence-corrected chi connectivity index (χ1v) is 14.8. The molecule has 0 bridgehead atoms. The zero-order chi connectivity index (χ0) is 26.8. The molecule has 2 amide bonds. The Balaban J connectivity index is 2.33. The van der Waals surface area contributed by atoms with Gasteiger partial charge in [-0.05, 0) is 41.0 Å². The summed E-state index contributed by atoms with van der Waals surface area (Å²) in [5.41, 5.74) is -1.18. The fourth-order valence-electron chi connectivity index (χ4n) is 3.34. The second-order valence-corrected chi connectivity index (χ2v) is 16.5. The predicted octanol–water partition coefficient (Wildman–Crippen LogP) is 6.30. The van der Waals surface area contributed by atoms with Gasteiger partial charge < -0.3 is 10.6 Å². The topological polar surface area (TPSA) is 71.1 Å². The molecule has 0 saturated heterocycles. The van der Waals surface area contributed by atoms with Crippen molar-refractivity contribution in [3.8, 4) is 0 Å². The summed E-state index contributed by atoms with van der Waals surface area (Å²) < 4.78 is 39.9. The molecule has 35 heavy (non-hydrogen) atoms. The molecule has 5 nitrogen and oxygen atoms in total. The first-order valence-electron chi connectivity index (χ1n) is 10.9. The highest BCUT2D eigenvalue weighted by molar-refractivity contribution is 7.80. The number of rotatable bonds is 5. The van der Waals surface area contributed by atoms with Gasteiger partial charge in [-0.15, -0.1) is 0 Å². The smallest absolute Gasteiger partial charge is 0.303 e. The van der Waals surface area contributed by atoms with Crippen LogP contribution in [0.4, 0.5) is 13.2 Å². The molecule has 0 spiro atoms. The number of alkyl halides is 3. The Labute approximate surface area is 214 Å². The van der Waals surface area contributed by atoms with Crippen LogP contribution in [0.5, 0.6) is 0 Å². The van der Waals surface area contributed by atoms with Crippen LogP contribution in [0.15, 0.2) is 42.6 Å². The number of nitrogens with zero attached hydrogens (tertiary/aromatic N) is 1. The third-order valence-electron chi connectivity index (χ3n) is 6.76. The number of amides is 2. The second kappa shape index (κ2) is 10.8. The Hall–Kier alpha value is -2.30. The van der Waals surface area contributed by atoms with Crippen LogP contribution in [0.1, 0.15) is 50.4 Å². The molecule has 2 atom stereocenters. The van der Waals surface area contributed by atoms with E-state index in [0.717, 1.165) is 18.3 Å². The van der Waals surface area contributed by atoms with Crippen molar-refractivity contribution in [2.24, 2.45) is 0 Å². The van der Waals surface area contributed by atoms with Gasteiger partial charge >= 0.3 is 6.18 Å². The van der Waals surface area contributed by atoms with Crippen molar-refractivity contribution >= 4 is 48.8 Å². The van der Waals surface area contributed by atoms with E-state index in [9.17, 15) is 22.8 Å². The number of hydrogen-bond donors (Lipinski definition) is 2. The van der Waals surface area contributed by atoms with Crippen molar-refractivity contribution in [2.45, 2.75) is 63.5 Å². The van der Waals surface area contributed by atoms with E-state index in [1.165, 1.54) is 12.1 Å². The molecule has 2 aromatic rings. The summed E-state index contributed by atoms with van der Waals surface area (Å²) in [6.45, 7) is 12.3. The Bertz CT molecular complexity index is 1120. The van der Waals surface area contributed by atoms with Crippen molar-refractivity contribution in [3.05, 3.63) is 64.4 Å². The van der Waals surface area contributed by atoms with Gasteiger partial charge in [-0.3, -0.25) is 14.6 Å². The van der Waals surface area contributed by atoms with Gasteiger partial charge in [-0.25, -0.2) is 0 Å². The third-order valence-corrected chi connectivity index (χ3v) is 13.6. The van der Waals surface area contributed by atoms with Crippen LogP contribution in [0.25, 0.3) is 0 Å². The molecule has 2 rings (SSSR count). The molecule has 0 radical (unpaired) electrons. The molecule has 0 saturated carbocycles. The molecular weight excluding hydrogens is 515 g/mol. The number of aromatic nitrogens is 1. The maximum Gasteiger partial charge on any atom is 0.416 e. The Kier molecular flexibility index (Phi) is 8.89. The van der Waals surface area contributed by atoms with E-state index in [-0.39, 0.29) is 37.9 Å². The number of pyridine rings is 1. The maximum absolute atomic E-state index is 13.3. The van der Waals surface area contributed by atoms with Gasteiger partial charge in [0.05, 0.1) is 19.3 Å². The normalized spacial score (nSPS) is 14.1. The minimum Gasteiger partial charge on any atom is -0.303 e. The van der Waals surface area contributed by atoms with Gasteiger partial charge in [0.15, 0.2) is 5.11 Å². The number of carbonyl (C=O) groups is 2. The average Bonchev–Trinajstić information content (AvgIpc) is 2.73. The van der Waals surface area contributed by atoms with E-state index in [4.69, 9.17) is 23.8 Å². The standard InChI is InChI=1S/C24H29ClF3N3O2SSi/c1-14(35(5,6)23(2,3)4)20(32)30-22(34)31-21(33)19(16-9-7-8-10-17(16)25)18-13-15(11-12-29-18)24(26,27)28/h7-14,19H,1-6H3,(H2,30,31,32,33,34)/t14-,19?/m1/s1. The summed E-state index contributed by atoms with van der Waals surface area (Å²) in [5, 5.41) is 4.87. The van der Waals surface area contributed by atoms with Crippen LogP contribution in [-0.2, 0) is 15.8 Å². The van der Waals surface area contributed by atoms with E-state index in [0.29, 0.717) is 0 Å². The Morgan fingerprint density at radius 3 is 2.17 bits per heavy atom. The predicted molar refractivity (Wildman–Crippen MR) is 138 cm³/mol. The average molecular weight is 544 g/mol. The van der Waals surface area contributed by atoms with Crippen LogP contribution in [0.3, 0.4) is 0 Å². The second-order valence-electron chi connectivity index (χ2n) is 9.92. The highest BCUT2D eigenvalue weighted by Crippen LogP contribution is 2.43. The fraction of sp³-hybridized carbons (Fsp3) is 0.417. The number of nitrogens with one attached hydrogen (secondary N) is 2. The first-order chi connectivity index (χ1) is 16.0. The molecule has 0 aliphatic rings. The molecule has 1 aromatic heterocycles. The highest BCUT2D eigenvalue weighted by atomic mass is 35.5. The summed E-state index contributed by atoms with van der Waals surface area (Å²) in [4.78, 5) is 30.1. The number of halogens is 4. The monoisotopic (exact) mass is 543 g/mol. The van der Waals surface area contributed by atoms with Crippen molar-refractivity contribution in [3.63, 3.8) is 0 Å². The van der Waals surface area contributed by atoms with Crippen LogP contribution in [-0.4, -0.2) is 30.0 Å². The SMILES string of the molecule is C[C@H](C(=O)NC(=S)NC(=O)C(c1cc(C(F)(F)F)ccn1)c1ccccc1Cl)[Si](C)(C)C(C)(C)C. The molecule has 1 unspecified atom stereocenters. The summed E-state index contributed by atoms with van der Waals surface area (Å²) in [5.74, 6) is -2.39. The van der Waals surface area contributed by atoms with Crippen LogP contribution in [0.2, 0.25) is 28.7 Å². The molecule has 0 fully saturated rings. The molecule has 11 heteroatoms. The Morgan fingerprint density at radius 2 is 1.63 bits per heavy atom. The first kappa shape index (κ1) is 28.9. The van der Waals surface area contributed by atoms with E-state index in [1.807, 2.05) is 6.92 Å². The quantitative estimate of drug-likeness (QED) is 0.343. The number of hydrogen-bond acceptors (Lipinski definition) is 4. The van der Waals surface area contributed by atoms with Gasteiger partial charge in [0.25, 0.3) is 0 Å². The number of benzene rings is 1. The van der Waals surface area contributed by atoms with E-state index < -0.39 is 31.6 Å². The summed E-state index contributed by atoms with van der Waals surface area (Å²) in [6, 6.07) is 7.90. The van der Waals surface area contributed by atoms with Gasteiger partial charge in [-0.1, -0.05) is 70.6 Å². The summed E-state index contributed by atoms with van der Waals surface area (Å²) in [6.07, 6.45) is -3.64. The van der Waals surface area contributed by atoms with E-state index in [2.05, 4.69) is 49.5 Å². The molecule has 0 aliphatic carbocycles. The van der Waals surface area contributed by atoms with Gasteiger partial charge in [0.1, 0.15) is 5.92 Å². The van der Waals surface area contributed by atoms with E-state index >= 15 is 0 Å². The van der Waals surface area contributed by atoms with Crippen molar-refractivity contribution in [1.29, 1.82) is 0 Å². The van der Waals surface area contributed by atoms with E-state index in [1.54, 1.807) is 12.1 Å². The molecule has 0 aliphatic heterocycles. The third kappa shape index (κ3) is 6.89. The van der Waals surface area contributed by atoms with Crippen LogP contribution in [0, 0.1) is 0 Å². The minimum atomic E-state index is -4.62. The molecule has 190 valence electrons. The zero-order valence-corrected chi connectivity index (χ0v) is 23.0. The van der Waals surface area contributed by atoms with Crippen molar-refractivity contribution in [2.75, 3.05) is 0 Å². The van der Waals surface area contributed by atoms with Crippen LogP contribution < -0.4 is 10.6 Å². The maximum atomic E-state index is 13.3. The van der Waals surface area contributed by atoms with Gasteiger partial charge in [0.2, 0.25) is 11.8 Å². The lowest BCUT2D eigenvalue weighted by Gasteiger charge is -2.41. The highest BCUT2D eigenvalue weighted by Gasteiger charge is 2.43. The lowest BCUT2D eigenvalue weighted by molar-refractivity contribution is -0.137. The molecular formula is C24H29ClF3N3O2SSi. The molecule has 1 aromatic carbocycles. The van der Waals surface area contributed by atoms with Crippen molar-refractivity contribution < 1.29 is 22.8 Å². The number of carbonyl (C=O) groups excluding carboxylic acids is 2. The zero-order valence-electron chi connectivity index (χ0n) is 20.4. The Morgan fingerprint density at radius 1 is 1.06 bits per heavy atom. The van der Waals surface area contributed by atoms with Gasteiger partial charge in [-0.2, -0.15) is 13.2 Å². The lowest BCUT2D eigenvalue weighted by Crippen LogP contribution is -2.51. The molecule has 1 heterocycles. The lowest BCUT2D eigenvalue weighted by atomic mass is 9.93.